The van der Waals surface area contributed by atoms with E-state index in [4.69, 9.17) is 0 Å². The summed E-state index contributed by atoms with van der Waals surface area (Å²) in [4.78, 5) is 4.14. The lowest BCUT2D eigenvalue weighted by Crippen LogP contribution is -2.28. The first kappa shape index (κ1) is 12.6. The van der Waals surface area contributed by atoms with Crippen molar-refractivity contribution in [2.45, 2.75) is 38.4 Å². The number of aliphatic hydroxyl groups is 2. The smallest absolute Gasteiger partial charge is 0.0854 e. The third-order valence-electron chi connectivity index (χ3n) is 2.24. The van der Waals surface area contributed by atoms with Crippen LogP contribution in [0, 0.1) is 0 Å². The van der Waals surface area contributed by atoms with E-state index in [2.05, 4.69) is 20.9 Å². The van der Waals surface area contributed by atoms with Gasteiger partial charge in [0.15, 0.2) is 0 Å². The molecule has 0 saturated carbocycles. The van der Waals surface area contributed by atoms with Crippen LogP contribution < -0.4 is 0 Å². The molecule has 0 saturated heterocycles. The van der Waals surface area contributed by atoms with Crippen LogP contribution in [0.5, 0.6) is 0 Å². The number of nitrogens with zero attached hydrogens (tertiary/aromatic N) is 1. The summed E-state index contributed by atoms with van der Waals surface area (Å²) in [6.07, 6.45) is 2.20. The molecule has 1 aromatic rings. The highest BCUT2D eigenvalue weighted by molar-refractivity contribution is 9.10. The average molecular weight is 274 g/mol. The van der Waals surface area contributed by atoms with Crippen molar-refractivity contribution in [3.8, 4) is 0 Å². The Bertz CT molecular complexity index is 289. The van der Waals surface area contributed by atoms with Gasteiger partial charge in [-0.1, -0.05) is 13.3 Å². The van der Waals surface area contributed by atoms with E-state index in [1.54, 1.807) is 6.20 Å². The molecule has 3 nitrogen and oxygen atoms in total. The Labute approximate surface area is 98.3 Å². The van der Waals surface area contributed by atoms with Gasteiger partial charge in [-0.25, -0.2) is 0 Å². The van der Waals surface area contributed by atoms with Gasteiger partial charge in [0.1, 0.15) is 0 Å². The van der Waals surface area contributed by atoms with Crippen molar-refractivity contribution in [3.63, 3.8) is 0 Å². The molecule has 2 N–H and O–H groups in total. The number of aromatic nitrogens is 1. The second kappa shape index (κ2) is 6.20. The number of pyridine rings is 1. The van der Waals surface area contributed by atoms with E-state index in [9.17, 15) is 10.2 Å². The molecule has 1 heterocycles. The molecule has 2 atom stereocenters. The van der Waals surface area contributed by atoms with Crippen LogP contribution in [0.2, 0.25) is 0 Å². The fourth-order valence-corrected chi connectivity index (χ4v) is 1.60. The first-order valence-electron chi connectivity index (χ1n) is 5.10. The minimum absolute atomic E-state index is 0.397. The number of rotatable bonds is 5. The van der Waals surface area contributed by atoms with Crippen LogP contribution in [0.4, 0.5) is 0 Å². The summed E-state index contributed by atoms with van der Waals surface area (Å²) in [7, 11) is 0. The normalized spacial score (nSPS) is 14.9. The Morgan fingerprint density at radius 1 is 1.33 bits per heavy atom. The largest absolute Gasteiger partial charge is 0.390 e. The minimum atomic E-state index is -0.723. The fraction of sp³-hybridized carbons (Fsp3) is 0.545. The zero-order chi connectivity index (χ0) is 11.3. The Morgan fingerprint density at radius 3 is 2.60 bits per heavy atom. The summed E-state index contributed by atoms with van der Waals surface area (Å²) in [5.41, 5.74) is 0.792. The van der Waals surface area contributed by atoms with Crippen molar-refractivity contribution in [2.75, 3.05) is 0 Å². The van der Waals surface area contributed by atoms with Gasteiger partial charge in [0.2, 0.25) is 0 Å². The number of hydrogen-bond acceptors (Lipinski definition) is 3. The van der Waals surface area contributed by atoms with Gasteiger partial charge in [-0.05, 0) is 34.5 Å². The molecule has 2 unspecified atom stereocenters. The van der Waals surface area contributed by atoms with E-state index < -0.39 is 12.2 Å². The molecule has 15 heavy (non-hydrogen) atoms. The molecule has 0 aromatic carbocycles. The highest BCUT2D eigenvalue weighted by atomic mass is 79.9. The van der Waals surface area contributed by atoms with E-state index in [0.29, 0.717) is 12.8 Å². The third kappa shape index (κ3) is 4.28. The molecule has 0 radical (unpaired) electrons. The Hall–Kier alpha value is -0.450. The van der Waals surface area contributed by atoms with E-state index >= 15 is 0 Å². The molecule has 0 amide bonds. The van der Waals surface area contributed by atoms with Crippen LogP contribution in [0.3, 0.4) is 0 Å². The predicted molar refractivity (Wildman–Crippen MR) is 62.6 cm³/mol. The Morgan fingerprint density at radius 2 is 2.07 bits per heavy atom. The third-order valence-corrected chi connectivity index (χ3v) is 2.70. The molecule has 1 rings (SSSR count). The van der Waals surface area contributed by atoms with Gasteiger partial charge in [0, 0.05) is 22.8 Å². The van der Waals surface area contributed by atoms with E-state index in [-0.39, 0.29) is 0 Å². The summed E-state index contributed by atoms with van der Waals surface area (Å²) >= 11 is 3.29. The van der Waals surface area contributed by atoms with Crippen LogP contribution >= 0.6 is 15.9 Å². The average Bonchev–Trinajstić information content (AvgIpc) is 2.22. The second-order valence-corrected chi connectivity index (χ2v) is 4.51. The summed E-state index contributed by atoms with van der Waals surface area (Å²) in [6, 6.07) is 3.72. The molecule has 0 fully saturated rings. The predicted octanol–water partition coefficient (Wildman–Crippen LogP) is 1.91. The van der Waals surface area contributed by atoms with E-state index in [0.717, 1.165) is 16.6 Å². The van der Waals surface area contributed by atoms with Gasteiger partial charge in [0.05, 0.1) is 12.2 Å². The van der Waals surface area contributed by atoms with Gasteiger partial charge in [-0.2, -0.15) is 0 Å². The van der Waals surface area contributed by atoms with Crippen LogP contribution in [-0.4, -0.2) is 27.4 Å². The molecule has 0 aliphatic carbocycles. The van der Waals surface area contributed by atoms with Crippen molar-refractivity contribution < 1.29 is 10.2 Å². The van der Waals surface area contributed by atoms with Crippen molar-refractivity contribution >= 4 is 15.9 Å². The van der Waals surface area contributed by atoms with Gasteiger partial charge < -0.3 is 10.2 Å². The van der Waals surface area contributed by atoms with Crippen LogP contribution in [0.1, 0.15) is 25.5 Å². The molecule has 84 valence electrons. The second-order valence-electron chi connectivity index (χ2n) is 3.60. The minimum Gasteiger partial charge on any atom is -0.390 e. The zero-order valence-electron chi connectivity index (χ0n) is 8.73. The first-order valence-corrected chi connectivity index (χ1v) is 5.89. The molecule has 0 spiro atoms. The summed E-state index contributed by atoms with van der Waals surface area (Å²) in [6.45, 7) is 1.98. The highest BCUT2D eigenvalue weighted by Gasteiger charge is 2.16. The molecule has 0 bridgehead atoms. The molecule has 4 heteroatoms. The van der Waals surface area contributed by atoms with Gasteiger partial charge >= 0.3 is 0 Å². The van der Waals surface area contributed by atoms with Gasteiger partial charge in [-0.3, -0.25) is 4.98 Å². The lowest BCUT2D eigenvalue weighted by molar-refractivity contribution is 0.0143. The van der Waals surface area contributed by atoms with Gasteiger partial charge in [0.25, 0.3) is 0 Å². The Kier molecular flexibility index (Phi) is 5.22. The van der Waals surface area contributed by atoms with E-state index in [1.165, 1.54) is 0 Å². The summed E-state index contributed by atoms with van der Waals surface area (Å²) in [5, 5.41) is 19.2. The molecular formula is C11H16BrNO2. The highest BCUT2D eigenvalue weighted by Crippen LogP contribution is 2.11. The van der Waals surface area contributed by atoms with Crippen molar-refractivity contribution in [2.24, 2.45) is 0 Å². The fourth-order valence-electron chi connectivity index (χ4n) is 1.37. The summed E-state index contributed by atoms with van der Waals surface area (Å²) in [5.74, 6) is 0. The maximum Gasteiger partial charge on any atom is 0.0854 e. The number of aliphatic hydroxyl groups excluding tert-OH is 2. The summed E-state index contributed by atoms with van der Waals surface area (Å²) < 4.78 is 0.912. The van der Waals surface area contributed by atoms with Crippen LogP contribution in [0.15, 0.2) is 22.8 Å². The van der Waals surface area contributed by atoms with Gasteiger partial charge in [-0.15, -0.1) is 0 Å². The van der Waals surface area contributed by atoms with Crippen molar-refractivity contribution in [1.82, 2.24) is 4.98 Å². The van der Waals surface area contributed by atoms with Crippen molar-refractivity contribution in [1.29, 1.82) is 0 Å². The molecule has 0 aliphatic heterocycles. The van der Waals surface area contributed by atoms with Crippen molar-refractivity contribution in [3.05, 3.63) is 28.5 Å². The number of halogens is 1. The van der Waals surface area contributed by atoms with E-state index in [1.807, 2.05) is 19.1 Å². The zero-order valence-corrected chi connectivity index (χ0v) is 10.3. The SMILES string of the molecule is CCCC(O)C(O)Cc1ccc(Br)cn1. The lowest BCUT2D eigenvalue weighted by atomic mass is 10.0. The standard InChI is InChI=1S/C11H16BrNO2/c1-2-3-10(14)11(15)6-9-5-4-8(12)7-13-9/h4-5,7,10-11,14-15H,2-3,6H2,1H3. The first-order chi connectivity index (χ1) is 7.13. The van der Waals surface area contributed by atoms with Crippen LogP contribution in [-0.2, 0) is 6.42 Å². The van der Waals surface area contributed by atoms with Crippen LogP contribution in [0.25, 0.3) is 0 Å². The maximum absolute atomic E-state index is 9.67. The lowest BCUT2D eigenvalue weighted by Gasteiger charge is -2.16. The quantitative estimate of drug-likeness (QED) is 0.862. The molecule has 1 aromatic heterocycles. The molecule has 0 aliphatic rings. The monoisotopic (exact) mass is 273 g/mol. The molecular weight excluding hydrogens is 258 g/mol. The maximum atomic E-state index is 9.67. The Balaban J connectivity index is 2.50. The topological polar surface area (TPSA) is 53.4 Å². The number of hydrogen-bond donors (Lipinski definition) is 2.